The zero-order chi connectivity index (χ0) is 27.0. The molecule has 0 aliphatic heterocycles. The van der Waals surface area contributed by atoms with Gasteiger partial charge in [-0.3, -0.25) is 4.79 Å². The quantitative estimate of drug-likeness (QED) is 0.121. The van der Waals surface area contributed by atoms with E-state index in [1.807, 2.05) is 24.0 Å². The van der Waals surface area contributed by atoms with Crippen LogP contribution < -0.4 is 14.2 Å². The van der Waals surface area contributed by atoms with Crippen molar-refractivity contribution in [2.24, 2.45) is 0 Å². The summed E-state index contributed by atoms with van der Waals surface area (Å²) in [5.41, 5.74) is 5.41. The fourth-order valence-corrected chi connectivity index (χ4v) is 5.32. The predicted octanol–water partition coefficient (Wildman–Crippen LogP) is 8.64. The summed E-state index contributed by atoms with van der Waals surface area (Å²) in [5, 5.41) is 0. The van der Waals surface area contributed by atoms with E-state index >= 15 is 0 Å². The molecule has 0 saturated carbocycles. The molecule has 0 unspecified atom stereocenters. The Bertz CT molecular complexity index is 1060. The minimum atomic E-state index is 0.127. The van der Waals surface area contributed by atoms with Gasteiger partial charge in [-0.1, -0.05) is 107 Å². The van der Waals surface area contributed by atoms with Gasteiger partial charge in [0.05, 0.1) is 18.0 Å². The predicted molar refractivity (Wildman–Crippen MR) is 160 cm³/mol. The van der Waals surface area contributed by atoms with E-state index in [-0.39, 0.29) is 5.91 Å². The Morgan fingerprint density at radius 3 is 2.00 bits per heavy atom. The topological polar surface area (TPSA) is 33.4 Å². The van der Waals surface area contributed by atoms with Gasteiger partial charge < -0.3 is 9.64 Å². The minimum absolute atomic E-state index is 0.127. The maximum atomic E-state index is 12.8. The number of ether oxygens (including phenoxy) is 1. The smallest absolute Gasteiger partial charge is 0.227 e. The monoisotopic (exact) mass is 535 g/mol. The van der Waals surface area contributed by atoms with Crippen molar-refractivity contribution in [1.82, 2.24) is 0 Å². The maximum absolute atomic E-state index is 12.8. The van der Waals surface area contributed by atoms with Crippen LogP contribution in [0.1, 0.15) is 100 Å². The van der Waals surface area contributed by atoms with Crippen molar-refractivity contribution in [2.75, 3.05) is 11.5 Å². The molecule has 5 heteroatoms. The molecule has 0 spiro atoms. The lowest BCUT2D eigenvalue weighted by molar-refractivity contribution is -0.683. The van der Waals surface area contributed by atoms with Crippen LogP contribution in [0.4, 0.5) is 5.69 Å². The van der Waals surface area contributed by atoms with Crippen LogP contribution in [0, 0.1) is 6.92 Å². The second-order valence-electron chi connectivity index (χ2n) is 10.3. The van der Waals surface area contributed by atoms with Crippen LogP contribution in [0.5, 0.6) is 5.75 Å². The number of benzene rings is 2. The summed E-state index contributed by atoms with van der Waals surface area (Å²) in [6, 6.07) is 16.6. The molecule has 1 amide bonds. The molecule has 0 aliphatic rings. The average molecular weight is 536 g/mol. The second kappa shape index (κ2) is 17.0. The molecule has 3 aromatic rings. The highest BCUT2D eigenvalue weighted by molar-refractivity contribution is 7.09. The molecular weight excluding hydrogens is 488 g/mol. The van der Waals surface area contributed by atoms with Crippen LogP contribution in [-0.2, 0) is 17.9 Å². The molecule has 0 aliphatic carbocycles. The Morgan fingerprint density at radius 1 is 0.816 bits per heavy atom. The largest absolute Gasteiger partial charge is 0.494 e. The van der Waals surface area contributed by atoms with E-state index in [0.29, 0.717) is 13.0 Å². The second-order valence-corrected chi connectivity index (χ2v) is 11.4. The highest BCUT2D eigenvalue weighted by Crippen LogP contribution is 2.21. The third kappa shape index (κ3) is 10.6. The number of nitrogens with zero attached hydrogens (tertiary/aromatic N) is 2. The van der Waals surface area contributed by atoms with E-state index in [0.717, 1.165) is 36.6 Å². The van der Waals surface area contributed by atoms with Crippen molar-refractivity contribution in [3.8, 4) is 5.75 Å². The number of carbonyl (C=O) groups is 1. The molecule has 206 valence electrons. The number of unbranched alkanes of at least 4 members (excludes halogenated alkanes) is 9. The van der Waals surface area contributed by atoms with Crippen molar-refractivity contribution in [3.63, 3.8) is 0 Å². The van der Waals surface area contributed by atoms with Crippen molar-refractivity contribution >= 4 is 22.9 Å². The number of aromatic nitrogens is 1. The average Bonchev–Trinajstić information content (AvgIpc) is 3.35. The van der Waals surface area contributed by atoms with Crippen molar-refractivity contribution in [1.29, 1.82) is 0 Å². The zero-order valence-electron chi connectivity index (χ0n) is 23.8. The molecule has 0 fully saturated rings. The fourth-order valence-electron chi connectivity index (χ4n) is 4.69. The molecule has 4 nitrogen and oxygen atoms in total. The van der Waals surface area contributed by atoms with Gasteiger partial charge in [-0.2, -0.15) is 4.57 Å². The van der Waals surface area contributed by atoms with E-state index in [4.69, 9.17) is 4.74 Å². The standard InChI is InChI=1S/C33H47N2O2S/c1-4-6-7-8-9-10-11-12-13-14-23-37-32-21-17-30(18-22-32)26-35(33(36)5-2)31-19-15-29(16-20-31)25-34-24-28(3)38-27-34/h15-22,24,27H,4-14,23,25-26H2,1-3H3/q+1. The lowest BCUT2D eigenvalue weighted by Crippen LogP contribution is -2.31. The Kier molecular flexibility index (Phi) is 13.4. The third-order valence-corrected chi connectivity index (χ3v) is 7.82. The molecule has 38 heavy (non-hydrogen) atoms. The summed E-state index contributed by atoms with van der Waals surface area (Å²) in [6.45, 7) is 8.48. The van der Waals surface area contributed by atoms with Gasteiger partial charge in [0.25, 0.3) is 0 Å². The lowest BCUT2D eigenvalue weighted by Gasteiger charge is -2.23. The molecule has 1 heterocycles. The number of hydrogen-bond donors (Lipinski definition) is 0. The highest BCUT2D eigenvalue weighted by atomic mass is 32.1. The molecule has 3 rings (SSSR count). The van der Waals surface area contributed by atoms with Gasteiger partial charge in [-0.25, -0.2) is 0 Å². The summed E-state index contributed by atoms with van der Waals surface area (Å²) >= 11 is 1.75. The summed E-state index contributed by atoms with van der Waals surface area (Å²) < 4.78 is 8.17. The SMILES string of the molecule is CCCCCCCCCCCCOc1ccc(CN(C(=O)CC)c2ccc(C[n+]3csc(C)c3)cc2)cc1. The number of hydrogen-bond acceptors (Lipinski definition) is 3. The van der Waals surface area contributed by atoms with Crippen LogP contribution >= 0.6 is 11.3 Å². The number of anilines is 1. The van der Waals surface area contributed by atoms with E-state index in [2.05, 4.69) is 66.5 Å². The molecule has 0 saturated heterocycles. The van der Waals surface area contributed by atoms with Crippen LogP contribution in [0.25, 0.3) is 0 Å². The zero-order valence-corrected chi connectivity index (χ0v) is 24.6. The van der Waals surface area contributed by atoms with Crippen LogP contribution in [0.2, 0.25) is 0 Å². The maximum Gasteiger partial charge on any atom is 0.227 e. The van der Waals surface area contributed by atoms with Crippen LogP contribution in [-0.4, -0.2) is 12.5 Å². The van der Waals surface area contributed by atoms with E-state index in [1.165, 1.54) is 68.2 Å². The third-order valence-electron chi connectivity index (χ3n) is 6.97. The van der Waals surface area contributed by atoms with Crippen LogP contribution in [0.15, 0.2) is 60.2 Å². The first kappa shape index (κ1) is 29.9. The van der Waals surface area contributed by atoms with Gasteiger partial charge in [-0.15, -0.1) is 0 Å². The summed E-state index contributed by atoms with van der Waals surface area (Å²) in [6.07, 6.45) is 15.9. The lowest BCUT2D eigenvalue weighted by atomic mass is 10.1. The van der Waals surface area contributed by atoms with Gasteiger partial charge >= 0.3 is 0 Å². The van der Waals surface area contributed by atoms with E-state index < -0.39 is 0 Å². The van der Waals surface area contributed by atoms with Crippen LogP contribution in [0.3, 0.4) is 0 Å². The van der Waals surface area contributed by atoms with E-state index in [1.54, 1.807) is 11.3 Å². The van der Waals surface area contributed by atoms with Gasteiger partial charge in [0.15, 0.2) is 12.7 Å². The normalized spacial score (nSPS) is 11.0. The van der Waals surface area contributed by atoms with Gasteiger partial charge in [0.1, 0.15) is 5.75 Å². The molecule has 0 atom stereocenters. The molecule has 0 bridgehead atoms. The number of carbonyl (C=O) groups excluding carboxylic acids is 1. The van der Waals surface area contributed by atoms with Crippen molar-refractivity contribution in [3.05, 3.63) is 76.2 Å². The van der Waals surface area contributed by atoms with Gasteiger partial charge in [0, 0.05) is 17.7 Å². The first-order valence-electron chi connectivity index (χ1n) is 14.6. The Morgan fingerprint density at radius 2 is 1.42 bits per heavy atom. The van der Waals surface area contributed by atoms with Gasteiger partial charge in [-0.05, 0) is 43.2 Å². The Labute approximate surface area is 234 Å². The van der Waals surface area contributed by atoms with Gasteiger partial charge in [0.2, 0.25) is 11.4 Å². The number of thiazole rings is 1. The number of amides is 1. The summed E-state index contributed by atoms with van der Waals surface area (Å²) in [7, 11) is 0. The van der Waals surface area contributed by atoms with E-state index in [9.17, 15) is 4.79 Å². The highest BCUT2D eigenvalue weighted by Gasteiger charge is 2.15. The first-order chi connectivity index (χ1) is 18.6. The first-order valence-corrected chi connectivity index (χ1v) is 15.5. The van der Waals surface area contributed by atoms with Crippen molar-refractivity contribution in [2.45, 2.75) is 104 Å². The molecule has 0 N–H and O–H groups in total. The number of rotatable bonds is 18. The molecule has 2 aromatic carbocycles. The Balaban J connectivity index is 1.41. The fraction of sp³-hybridized carbons (Fsp3) is 0.515. The molecule has 1 aromatic heterocycles. The summed E-state index contributed by atoms with van der Waals surface area (Å²) in [4.78, 5) is 16.0. The molecular formula is C33H47N2O2S+. The van der Waals surface area contributed by atoms with Crippen molar-refractivity contribution < 1.29 is 14.1 Å². The summed E-state index contributed by atoms with van der Waals surface area (Å²) in [5.74, 6) is 1.03. The molecule has 0 radical (unpaired) electrons. The minimum Gasteiger partial charge on any atom is -0.494 e. The Hall–Kier alpha value is -2.66. The number of aryl methyl sites for hydroxylation is 1.